The van der Waals surface area contributed by atoms with Gasteiger partial charge in [0.05, 0.1) is 7.11 Å². The third kappa shape index (κ3) is 3.66. The molecule has 4 heteroatoms. The highest BCUT2D eigenvalue weighted by atomic mass is 19.1. The van der Waals surface area contributed by atoms with Crippen molar-refractivity contribution < 1.29 is 13.5 Å². The Balaban J connectivity index is 2.85. The van der Waals surface area contributed by atoms with Crippen molar-refractivity contribution >= 4 is 0 Å². The van der Waals surface area contributed by atoms with Gasteiger partial charge >= 0.3 is 0 Å². The summed E-state index contributed by atoms with van der Waals surface area (Å²) < 4.78 is 32.0. The van der Waals surface area contributed by atoms with Crippen LogP contribution >= 0.6 is 0 Å². The van der Waals surface area contributed by atoms with Crippen LogP contribution < -0.4 is 10.5 Å². The lowest BCUT2D eigenvalue weighted by Gasteiger charge is -2.22. The number of benzene rings is 1. The van der Waals surface area contributed by atoms with Crippen molar-refractivity contribution in [3.63, 3.8) is 0 Å². The van der Waals surface area contributed by atoms with E-state index in [1.165, 1.54) is 19.2 Å². The molecular formula is C13H19F2NO. The molecule has 0 aliphatic rings. The van der Waals surface area contributed by atoms with E-state index in [-0.39, 0.29) is 16.7 Å². The molecule has 0 amide bonds. The van der Waals surface area contributed by atoms with Crippen LogP contribution in [0.5, 0.6) is 5.75 Å². The lowest BCUT2D eigenvalue weighted by atomic mass is 9.86. The maximum absolute atomic E-state index is 13.6. The van der Waals surface area contributed by atoms with Crippen molar-refractivity contribution in [1.29, 1.82) is 0 Å². The van der Waals surface area contributed by atoms with Crippen LogP contribution in [0.4, 0.5) is 8.78 Å². The Labute approximate surface area is 101 Å². The van der Waals surface area contributed by atoms with Crippen LogP contribution in [0.25, 0.3) is 0 Å². The Bertz CT molecular complexity index is 368. The quantitative estimate of drug-likeness (QED) is 0.863. The summed E-state index contributed by atoms with van der Waals surface area (Å²) in [5.41, 5.74) is 5.58. The smallest absolute Gasteiger partial charge is 0.133 e. The molecule has 17 heavy (non-hydrogen) atoms. The van der Waals surface area contributed by atoms with E-state index in [0.717, 1.165) is 0 Å². The van der Waals surface area contributed by atoms with Gasteiger partial charge in [0, 0.05) is 17.7 Å². The lowest BCUT2D eigenvalue weighted by Crippen LogP contribution is -2.24. The molecule has 1 aromatic rings. The maximum atomic E-state index is 13.6. The third-order valence-electron chi connectivity index (χ3n) is 2.95. The normalized spacial score (nSPS) is 11.6. The van der Waals surface area contributed by atoms with Crippen LogP contribution in [-0.2, 0) is 6.42 Å². The zero-order valence-electron chi connectivity index (χ0n) is 10.5. The fraction of sp³-hybridized carbons (Fsp3) is 0.538. The third-order valence-corrected chi connectivity index (χ3v) is 2.95. The SMILES string of the molecule is COc1cc(F)c(CCC(C)(C)CN)c(F)c1. The van der Waals surface area contributed by atoms with Crippen molar-refractivity contribution in [3.8, 4) is 5.75 Å². The molecule has 0 fully saturated rings. The highest BCUT2D eigenvalue weighted by molar-refractivity contribution is 5.30. The highest BCUT2D eigenvalue weighted by Gasteiger charge is 2.18. The molecule has 1 aromatic carbocycles. The molecule has 0 heterocycles. The number of methoxy groups -OCH3 is 1. The minimum atomic E-state index is -0.560. The molecule has 0 aliphatic heterocycles. The predicted octanol–water partition coefficient (Wildman–Crippen LogP) is 2.89. The van der Waals surface area contributed by atoms with Crippen molar-refractivity contribution in [2.45, 2.75) is 26.7 Å². The molecule has 0 bridgehead atoms. The van der Waals surface area contributed by atoms with Gasteiger partial charge in [0.15, 0.2) is 0 Å². The number of rotatable bonds is 5. The second-order valence-electron chi connectivity index (χ2n) is 4.94. The summed E-state index contributed by atoms with van der Waals surface area (Å²) in [6.07, 6.45) is 0.982. The summed E-state index contributed by atoms with van der Waals surface area (Å²) >= 11 is 0. The summed E-state index contributed by atoms with van der Waals surface area (Å²) in [5, 5.41) is 0. The molecular weight excluding hydrogens is 224 g/mol. The lowest BCUT2D eigenvalue weighted by molar-refractivity contribution is 0.342. The van der Waals surface area contributed by atoms with E-state index in [0.29, 0.717) is 19.4 Å². The summed E-state index contributed by atoms with van der Waals surface area (Å²) in [6.45, 7) is 4.45. The van der Waals surface area contributed by atoms with Gasteiger partial charge in [-0.05, 0) is 24.8 Å². The first-order valence-corrected chi connectivity index (χ1v) is 5.61. The number of nitrogens with two attached hydrogens (primary N) is 1. The van der Waals surface area contributed by atoms with Crippen LogP contribution in [-0.4, -0.2) is 13.7 Å². The summed E-state index contributed by atoms with van der Waals surface area (Å²) in [4.78, 5) is 0. The Morgan fingerprint density at radius 2 is 1.76 bits per heavy atom. The zero-order chi connectivity index (χ0) is 13.1. The Hall–Kier alpha value is -1.16. The first-order chi connectivity index (χ1) is 7.89. The minimum absolute atomic E-state index is 0.104. The van der Waals surface area contributed by atoms with E-state index in [1.807, 2.05) is 13.8 Å². The van der Waals surface area contributed by atoms with E-state index >= 15 is 0 Å². The Kier molecular flexibility index (Phi) is 4.46. The molecule has 0 aliphatic carbocycles. The van der Waals surface area contributed by atoms with Gasteiger partial charge in [0.1, 0.15) is 17.4 Å². The van der Waals surface area contributed by atoms with Crippen molar-refractivity contribution in [2.75, 3.05) is 13.7 Å². The van der Waals surface area contributed by atoms with Gasteiger partial charge in [-0.1, -0.05) is 13.8 Å². The first kappa shape index (κ1) is 13.9. The summed E-state index contributed by atoms with van der Waals surface area (Å²) in [5.74, 6) is -0.925. The molecule has 2 N–H and O–H groups in total. The molecule has 1 rings (SSSR count). The Morgan fingerprint density at radius 1 is 1.24 bits per heavy atom. The standard InChI is InChI=1S/C13H19F2NO/c1-13(2,8-16)5-4-10-11(14)6-9(17-3)7-12(10)15/h6-7H,4-5,8,16H2,1-3H3. The zero-order valence-corrected chi connectivity index (χ0v) is 10.5. The average molecular weight is 243 g/mol. The van der Waals surface area contributed by atoms with Gasteiger partial charge in [-0.25, -0.2) is 8.78 Å². The maximum Gasteiger partial charge on any atom is 0.133 e. The van der Waals surface area contributed by atoms with E-state index in [1.54, 1.807) is 0 Å². The molecule has 0 atom stereocenters. The van der Waals surface area contributed by atoms with Gasteiger partial charge in [-0.15, -0.1) is 0 Å². The summed E-state index contributed by atoms with van der Waals surface area (Å²) in [6, 6.07) is 2.40. The fourth-order valence-corrected chi connectivity index (χ4v) is 1.50. The van der Waals surface area contributed by atoms with Crippen LogP contribution in [0.2, 0.25) is 0 Å². The minimum Gasteiger partial charge on any atom is -0.497 e. The second-order valence-corrected chi connectivity index (χ2v) is 4.94. The fourth-order valence-electron chi connectivity index (χ4n) is 1.50. The second kappa shape index (κ2) is 5.45. The molecule has 0 aromatic heterocycles. The van der Waals surface area contributed by atoms with E-state index in [9.17, 15) is 8.78 Å². The summed E-state index contributed by atoms with van der Waals surface area (Å²) in [7, 11) is 1.38. The van der Waals surface area contributed by atoms with Gasteiger partial charge in [0.25, 0.3) is 0 Å². The van der Waals surface area contributed by atoms with E-state index in [4.69, 9.17) is 10.5 Å². The van der Waals surface area contributed by atoms with Crippen molar-refractivity contribution in [1.82, 2.24) is 0 Å². The molecule has 0 radical (unpaired) electrons. The topological polar surface area (TPSA) is 35.2 Å². The van der Waals surface area contributed by atoms with Gasteiger partial charge in [-0.3, -0.25) is 0 Å². The molecule has 0 saturated carbocycles. The highest BCUT2D eigenvalue weighted by Crippen LogP contribution is 2.26. The Morgan fingerprint density at radius 3 is 2.18 bits per heavy atom. The molecule has 0 saturated heterocycles. The molecule has 96 valence electrons. The van der Waals surface area contributed by atoms with Crippen molar-refractivity contribution in [2.24, 2.45) is 11.1 Å². The number of hydrogen-bond donors (Lipinski definition) is 1. The predicted molar refractivity (Wildman–Crippen MR) is 64.1 cm³/mol. The van der Waals surface area contributed by atoms with Gasteiger partial charge < -0.3 is 10.5 Å². The first-order valence-electron chi connectivity index (χ1n) is 5.61. The molecule has 0 unspecified atom stereocenters. The van der Waals surface area contributed by atoms with Crippen LogP contribution in [0, 0.1) is 17.0 Å². The van der Waals surface area contributed by atoms with Crippen LogP contribution in [0.15, 0.2) is 12.1 Å². The van der Waals surface area contributed by atoms with Crippen LogP contribution in [0.1, 0.15) is 25.8 Å². The molecule has 0 spiro atoms. The van der Waals surface area contributed by atoms with Gasteiger partial charge in [-0.2, -0.15) is 0 Å². The van der Waals surface area contributed by atoms with E-state index < -0.39 is 11.6 Å². The molecule has 2 nitrogen and oxygen atoms in total. The average Bonchev–Trinajstić information content (AvgIpc) is 2.27. The number of halogens is 2. The van der Waals surface area contributed by atoms with E-state index in [2.05, 4.69) is 0 Å². The number of ether oxygens (including phenoxy) is 1. The largest absolute Gasteiger partial charge is 0.497 e. The number of hydrogen-bond acceptors (Lipinski definition) is 2. The monoisotopic (exact) mass is 243 g/mol. The van der Waals surface area contributed by atoms with Crippen LogP contribution in [0.3, 0.4) is 0 Å². The van der Waals surface area contributed by atoms with Gasteiger partial charge in [0.2, 0.25) is 0 Å². The van der Waals surface area contributed by atoms with Crippen molar-refractivity contribution in [3.05, 3.63) is 29.3 Å².